The Labute approximate surface area is 148 Å². The summed E-state index contributed by atoms with van der Waals surface area (Å²) in [6.45, 7) is 3.89. The van der Waals surface area contributed by atoms with Crippen LogP contribution in [0, 0.1) is 0 Å². The molecule has 24 heavy (non-hydrogen) atoms. The number of morpholine rings is 1. The Kier molecular flexibility index (Phi) is 4.91. The number of nitrogens with zero attached hydrogens (tertiary/aromatic N) is 1. The van der Waals surface area contributed by atoms with Crippen LogP contribution < -0.4 is 4.74 Å². The maximum absolute atomic E-state index is 12.3. The van der Waals surface area contributed by atoms with E-state index in [0.29, 0.717) is 46.9 Å². The predicted octanol–water partition coefficient (Wildman–Crippen LogP) is 2.30. The third-order valence-electron chi connectivity index (χ3n) is 3.95. The molecule has 2 aliphatic heterocycles. The minimum absolute atomic E-state index is 0.0724. The van der Waals surface area contributed by atoms with Crippen LogP contribution in [0.4, 0.5) is 0 Å². The van der Waals surface area contributed by atoms with Crippen LogP contribution in [-0.4, -0.2) is 49.6 Å². The summed E-state index contributed by atoms with van der Waals surface area (Å²) in [7, 11) is 1.32. The molecule has 1 unspecified atom stereocenters. The summed E-state index contributed by atoms with van der Waals surface area (Å²) in [4.78, 5) is 26.1. The Bertz CT molecular complexity index is 715. The number of esters is 1. The highest BCUT2D eigenvalue weighted by molar-refractivity contribution is 9.10. The molecule has 0 radical (unpaired) electrons. The van der Waals surface area contributed by atoms with Crippen LogP contribution in [0.15, 0.2) is 28.6 Å². The second-order valence-corrected chi connectivity index (χ2v) is 6.65. The zero-order chi connectivity index (χ0) is 17.3. The first kappa shape index (κ1) is 17.0. The third kappa shape index (κ3) is 3.47. The molecule has 1 aromatic rings. The van der Waals surface area contributed by atoms with Crippen molar-refractivity contribution in [3.63, 3.8) is 0 Å². The van der Waals surface area contributed by atoms with Crippen molar-refractivity contribution in [3.05, 3.63) is 39.7 Å². The Balaban J connectivity index is 1.94. The van der Waals surface area contributed by atoms with E-state index in [0.717, 1.165) is 0 Å². The second-order valence-electron chi connectivity index (χ2n) is 5.79. The van der Waals surface area contributed by atoms with Crippen LogP contribution in [0.3, 0.4) is 0 Å². The molecule has 1 aromatic carbocycles. The van der Waals surface area contributed by atoms with Gasteiger partial charge in [0.2, 0.25) is 0 Å². The molecule has 6 nitrogen and oxygen atoms in total. The predicted molar refractivity (Wildman–Crippen MR) is 89.9 cm³/mol. The Morgan fingerprint density at radius 2 is 2.21 bits per heavy atom. The molecule has 0 N–H and O–H groups in total. The molecule has 2 aliphatic rings. The number of carbonyl (C=O) groups is 2. The van der Waals surface area contributed by atoms with Gasteiger partial charge in [-0.2, -0.15) is 0 Å². The van der Waals surface area contributed by atoms with E-state index in [1.807, 2.05) is 11.8 Å². The molecular formula is C17H18BrNO5. The van der Waals surface area contributed by atoms with Crippen molar-refractivity contribution in [1.82, 2.24) is 4.90 Å². The number of carbonyl (C=O) groups excluding carboxylic acids is 2. The molecule has 0 saturated carbocycles. The summed E-state index contributed by atoms with van der Waals surface area (Å²) < 4.78 is 16.9. The van der Waals surface area contributed by atoms with Gasteiger partial charge in [0.15, 0.2) is 11.7 Å². The van der Waals surface area contributed by atoms with E-state index < -0.39 is 5.97 Å². The topological polar surface area (TPSA) is 65.1 Å². The lowest BCUT2D eigenvalue weighted by Crippen LogP contribution is -2.41. The molecule has 0 amide bonds. The highest BCUT2D eigenvalue weighted by Crippen LogP contribution is 2.35. The van der Waals surface area contributed by atoms with Gasteiger partial charge in [0.05, 0.1) is 29.9 Å². The molecule has 0 aromatic heterocycles. The average molecular weight is 396 g/mol. The van der Waals surface area contributed by atoms with Gasteiger partial charge in [-0.05, 0) is 35.0 Å². The highest BCUT2D eigenvalue weighted by atomic mass is 79.9. The number of methoxy groups -OCH3 is 1. The van der Waals surface area contributed by atoms with Crippen LogP contribution in [0.25, 0.3) is 0 Å². The van der Waals surface area contributed by atoms with Crippen molar-refractivity contribution in [2.45, 2.75) is 19.4 Å². The van der Waals surface area contributed by atoms with Crippen molar-refractivity contribution in [1.29, 1.82) is 0 Å². The molecule has 128 valence electrons. The Hall–Kier alpha value is -1.86. The Morgan fingerprint density at radius 1 is 1.42 bits per heavy atom. The molecule has 7 heteroatoms. The lowest BCUT2D eigenvalue weighted by molar-refractivity contribution is -0.114. The lowest BCUT2D eigenvalue weighted by Gasteiger charge is -2.33. The number of halogens is 1. The summed E-state index contributed by atoms with van der Waals surface area (Å²) in [6, 6.07) is 3.28. The number of rotatable bonds is 2. The van der Waals surface area contributed by atoms with Crippen LogP contribution in [0.2, 0.25) is 0 Å². The van der Waals surface area contributed by atoms with Gasteiger partial charge in [0, 0.05) is 31.1 Å². The normalized spacial score (nSPS) is 20.6. The van der Waals surface area contributed by atoms with Crippen LogP contribution >= 0.6 is 15.9 Å². The summed E-state index contributed by atoms with van der Waals surface area (Å²) in [5.41, 5.74) is 1.03. The minimum atomic E-state index is -0.453. The minimum Gasteiger partial charge on any atom is -0.465 e. The first-order chi connectivity index (χ1) is 11.5. The lowest BCUT2D eigenvalue weighted by atomic mass is 10.0. The number of hydrogen-bond donors (Lipinski definition) is 0. The Morgan fingerprint density at radius 3 is 2.92 bits per heavy atom. The highest BCUT2D eigenvalue weighted by Gasteiger charge is 2.26. The molecule has 0 aliphatic carbocycles. The second kappa shape index (κ2) is 6.94. The number of ether oxygens (including phenoxy) is 3. The summed E-state index contributed by atoms with van der Waals surface area (Å²) in [6.07, 6.45) is 1.76. The molecule has 3 rings (SSSR count). The molecular weight excluding hydrogens is 378 g/mol. The van der Waals surface area contributed by atoms with Gasteiger partial charge in [0.25, 0.3) is 0 Å². The summed E-state index contributed by atoms with van der Waals surface area (Å²) >= 11 is 3.43. The van der Waals surface area contributed by atoms with E-state index >= 15 is 0 Å². The molecule has 0 bridgehead atoms. The number of benzene rings is 1. The zero-order valence-corrected chi connectivity index (χ0v) is 15.1. The van der Waals surface area contributed by atoms with Gasteiger partial charge in [-0.15, -0.1) is 0 Å². The maximum atomic E-state index is 12.3. The van der Waals surface area contributed by atoms with Gasteiger partial charge in [0.1, 0.15) is 5.75 Å². The zero-order valence-electron chi connectivity index (χ0n) is 13.5. The fourth-order valence-corrected chi connectivity index (χ4v) is 3.40. The van der Waals surface area contributed by atoms with Gasteiger partial charge in [-0.1, -0.05) is 0 Å². The largest absolute Gasteiger partial charge is 0.465 e. The van der Waals surface area contributed by atoms with E-state index in [4.69, 9.17) is 14.2 Å². The van der Waals surface area contributed by atoms with Gasteiger partial charge >= 0.3 is 5.97 Å². The first-order valence-corrected chi connectivity index (χ1v) is 8.47. The van der Waals surface area contributed by atoms with E-state index in [9.17, 15) is 9.59 Å². The molecule has 0 spiro atoms. The molecule has 2 heterocycles. The first-order valence-electron chi connectivity index (χ1n) is 7.67. The van der Waals surface area contributed by atoms with E-state index in [1.54, 1.807) is 12.1 Å². The van der Waals surface area contributed by atoms with Crippen molar-refractivity contribution < 1.29 is 23.8 Å². The average Bonchev–Trinajstić information content (AvgIpc) is 2.72. The van der Waals surface area contributed by atoms with Crippen molar-refractivity contribution in [3.8, 4) is 5.75 Å². The summed E-state index contributed by atoms with van der Waals surface area (Å²) in [5, 5.41) is 0. The number of fused-ring (bicyclic) bond motifs is 1. The van der Waals surface area contributed by atoms with Crippen molar-refractivity contribution in [2.24, 2.45) is 0 Å². The monoisotopic (exact) mass is 395 g/mol. The van der Waals surface area contributed by atoms with E-state index in [2.05, 4.69) is 15.9 Å². The number of allylic oxidation sites excluding steroid dienone is 1. The quantitative estimate of drug-likeness (QED) is 0.715. The van der Waals surface area contributed by atoms with E-state index in [1.165, 1.54) is 13.2 Å². The van der Waals surface area contributed by atoms with Crippen LogP contribution in [0.1, 0.15) is 22.8 Å². The summed E-state index contributed by atoms with van der Waals surface area (Å²) in [5.74, 6) is 0.543. The fourth-order valence-electron chi connectivity index (χ4n) is 2.82. The number of hydrogen-bond acceptors (Lipinski definition) is 6. The molecule has 1 atom stereocenters. The van der Waals surface area contributed by atoms with Crippen LogP contribution in [0.5, 0.6) is 5.75 Å². The van der Waals surface area contributed by atoms with Gasteiger partial charge in [-0.25, -0.2) is 4.79 Å². The van der Waals surface area contributed by atoms with Gasteiger partial charge < -0.3 is 19.1 Å². The van der Waals surface area contributed by atoms with Crippen LogP contribution in [-0.2, 0) is 20.7 Å². The molecule has 1 fully saturated rings. The SMILES string of the molecule is COC(=O)c1cc(Br)c2c(c1)CC(=O)C=C(N1CCOC(C)C1)O2. The number of ketones is 1. The van der Waals surface area contributed by atoms with E-state index in [-0.39, 0.29) is 18.3 Å². The maximum Gasteiger partial charge on any atom is 0.337 e. The third-order valence-corrected chi connectivity index (χ3v) is 4.54. The van der Waals surface area contributed by atoms with Gasteiger partial charge in [-0.3, -0.25) is 4.79 Å². The molecule has 1 saturated heterocycles. The van der Waals surface area contributed by atoms with Crippen molar-refractivity contribution >= 4 is 27.7 Å². The fraction of sp³-hybridized carbons (Fsp3) is 0.412. The standard InChI is InChI=1S/C17H18BrNO5/c1-10-9-19(3-4-23-10)15-8-13(20)6-11-5-12(17(21)22-2)7-14(18)16(11)24-15/h5,7-8,10H,3-4,6,9H2,1-2H3. The smallest absolute Gasteiger partial charge is 0.337 e. The van der Waals surface area contributed by atoms with Crippen molar-refractivity contribution in [2.75, 3.05) is 26.8 Å².